The minimum absolute atomic E-state index is 0.202. The van der Waals surface area contributed by atoms with Crippen molar-refractivity contribution in [3.8, 4) is 0 Å². The molecule has 0 spiro atoms. The summed E-state index contributed by atoms with van der Waals surface area (Å²) in [7, 11) is 0. The number of nitrogens with one attached hydrogen (secondary N) is 1. The van der Waals surface area contributed by atoms with Gasteiger partial charge in [0.1, 0.15) is 0 Å². The van der Waals surface area contributed by atoms with Crippen molar-refractivity contribution >= 4 is 5.91 Å². The van der Waals surface area contributed by atoms with Crippen molar-refractivity contribution in [3.05, 3.63) is 0 Å². The van der Waals surface area contributed by atoms with Gasteiger partial charge in [0.05, 0.1) is 12.7 Å². The lowest BCUT2D eigenvalue weighted by Crippen LogP contribution is -2.50. The third-order valence-corrected chi connectivity index (χ3v) is 4.24. The number of likely N-dealkylation sites (tertiary alicyclic amines) is 1. The Bertz CT molecular complexity index is 290. The van der Waals surface area contributed by atoms with Gasteiger partial charge in [0, 0.05) is 45.7 Å². The van der Waals surface area contributed by atoms with Crippen molar-refractivity contribution in [2.75, 3.05) is 45.9 Å². The lowest BCUT2D eigenvalue weighted by atomic mass is 10.0. The molecule has 0 aromatic rings. The molecule has 0 radical (unpaired) electrons. The van der Waals surface area contributed by atoms with Crippen molar-refractivity contribution in [3.63, 3.8) is 0 Å². The Morgan fingerprint density at radius 2 is 2.05 bits per heavy atom. The van der Waals surface area contributed by atoms with Gasteiger partial charge in [-0.2, -0.15) is 0 Å². The highest BCUT2D eigenvalue weighted by Crippen LogP contribution is 2.11. The molecule has 1 unspecified atom stereocenters. The molecule has 2 fully saturated rings. The van der Waals surface area contributed by atoms with Gasteiger partial charge in [0.2, 0.25) is 5.91 Å². The van der Waals surface area contributed by atoms with Crippen LogP contribution in [0.1, 0.15) is 26.7 Å². The van der Waals surface area contributed by atoms with Crippen LogP contribution in [-0.2, 0) is 9.53 Å². The number of nitrogens with zero attached hydrogens (tertiary/aromatic N) is 2. The van der Waals surface area contributed by atoms with Crippen LogP contribution in [0.3, 0.4) is 0 Å². The smallest absolute Gasteiger partial charge is 0.219 e. The zero-order valence-electron chi connectivity index (χ0n) is 12.2. The molecule has 0 aliphatic carbocycles. The van der Waals surface area contributed by atoms with E-state index >= 15 is 0 Å². The molecule has 19 heavy (non-hydrogen) atoms. The average Bonchev–Trinajstić information content (AvgIpc) is 2.46. The zero-order valence-corrected chi connectivity index (χ0v) is 12.2. The number of carbonyl (C=O) groups excluding carboxylic acids is 1. The largest absolute Gasteiger partial charge is 0.374 e. The average molecular weight is 269 g/mol. The van der Waals surface area contributed by atoms with Gasteiger partial charge in [-0.15, -0.1) is 0 Å². The van der Waals surface area contributed by atoms with Crippen molar-refractivity contribution in [1.29, 1.82) is 0 Å². The summed E-state index contributed by atoms with van der Waals surface area (Å²) in [6.07, 6.45) is 2.44. The van der Waals surface area contributed by atoms with Gasteiger partial charge in [-0.3, -0.25) is 9.69 Å². The molecule has 110 valence electrons. The molecule has 2 aliphatic heterocycles. The van der Waals surface area contributed by atoms with E-state index in [0.29, 0.717) is 12.1 Å². The summed E-state index contributed by atoms with van der Waals surface area (Å²) < 4.78 is 5.79. The van der Waals surface area contributed by atoms with Gasteiger partial charge >= 0.3 is 0 Å². The number of carbonyl (C=O) groups is 1. The van der Waals surface area contributed by atoms with Crippen LogP contribution in [0.5, 0.6) is 0 Å². The maximum atomic E-state index is 11.3. The molecule has 0 aromatic heterocycles. The maximum Gasteiger partial charge on any atom is 0.219 e. The Balaban J connectivity index is 1.65. The van der Waals surface area contributed by atoms with Crippen LogP contribution >= 0.6 is 0 Å². The van der Waals surface area contributed by atoms with Crippen molar-refractivity contribution < 1.29 is 9.53 Å². The third kappa shape index (κ3) is 4.44. The molecular weight excluding hydrogens is 242 g/mol. The first-order chi connectivity index (χ1) is 9.19. The Hall–Kier alpha value is -0.650. The molecule has 0 bridgehead atoms. The number of morpholine rings is 1. The van der Waals surface area contributed by atoms with Gasteiger partial charge in [-0.05, 0) is 19.4 Å². The molecular formula is C14H27N3O2. The molecule has 5 heteroatoms. The van der Waals surface area contributed by atoms with Gasteiger partial charge in [-0.25, -0.2) is 0 Å². The molecule has 5 nitrogen and oxygen atoms in total. The molecule has 2 saturated heterocycles. The number of rotatable bonds is 4. The van der Waals surface area contributed by atoms with E-state index < -0.39 is 0 Å². The second kappa shape index (κ2) is 7.22. The van der Waals surface area contributed by atoms with Crippen LogP contribution in [0.25, 0.3) is 0 Å². The fourth-order valence-electron chi connectivity index (χ4n) is 2.89. The molecule has 0 aromatic carbocycles. The monoisotopic (exact) mass is 269 g/mol. The highest BCUT2D eigenvalue weighted by atomic mass is 16.5. The first-order valence-electron chi connectivity index (χ1n) is 7.52. The molecule has 2 heterocycles. The Kier molecular flexibility index (Phi) is 5.60. The Labute approximate surface area is 116 Å². The van der Waals surface area contributed by atoms with E-state index in [9.17, 15) is 4.79 Å². The number of likely N-dealkylation sites (N-methyl/N-ethyl adjacent to an activating group) is 1. The highest BCUT2D eigenvalue weighted by Gasteiger charge is 2.23. The van der Waals surface area contributed by atoms with E-state index in [2.05, 4.69) is 17.1 Å². The van der Waals surface area contributed by atoms with E-state index in [1.165, 1.54) is 0 Å². The second-order valence-electron chi connectivity index (χ2n) is 5.57. The predicted octanol–water partition coefficient (Wildman–Crippen LogP) is 0.308. The number of ether oxygens (including phenoxy) is 1. The van der Waals surface area contributed by atoms with E-state index in [1.807, 2.05) is 4.90 Å². The first kappa shape index (κ1) is 14.8. The normalized spacial score (nSPS) is 26.6. The van der Waals surface area contributed by atoms with Crippen LogP contribution in [0.2, 0.25) is 0 Å². The second-order valence-corrected chi connectivity index (χ2v) is 5.57. The SMILES string of the molecule is CCN1CCOC(CNC2CCN(C(C)=O)CC2)C1. The number of hydrogen-bond donors (Lipinski definition) is 1. The minimum Gasteiger partial charge on any atom is -0.374 e. The summed E-state index contributed by atoms with van der Waals surface area (Å²) in [4.78, 5) is 15.6. The van der Waals surface area contributed by atoms with Crippen LogP contribution in [0, 0.1) is 0 Å². The molecule has 1 N–H and O–H groups in total. The Morgan fingerprint density at radius 3 is 2.68 bits per heavy atom. The number of hydrogen-bond acceptors (Lipinski definition) is 4. The van der Waals surface area contributed by atoms with Crippen LogP contribution < -0.4 is 5.32 Å². The van der Waals surface area contributed by atoms with Crippen LogP contribution in [-0.4, -0.2) is 73.7 Å². The van der Waals surface area contributed by atoms with Crippen molar-refractivity contribution in [1.82, 2.24) is 15.1 Å². The van der Waals surface area contributed by atoms with E-state index in [1.54, 1.807) is 6.92 Å². The lowest BCUT2D eigenvalue weighted by molar-refractivity contribution is -0.129. The summed E-state index contributed by atoms with van der Waals surface area (Å²) in [6.45, 7) is 10.6. The van der Waals surface area contributed by atoms with Crippen molar-refractivity contribution in [2.24, 2.45) is 0 Å². The first-order valence-corrected chi connectivity index (χ1v) is 7.52. The van der Waals surface area contributed by atoms with Gasteiger partial charge in [0.15, 0.2) is 0 Å². The van der Waals surface area contributed by atoms with Crippen LogP contribution in [0.4, 0.5) is 0 Å². The highest BCUT2D eigenvalue weighted by molar-refractivity contribution is 5.73. The summed E-state index contributed by atoms with van der Waals surface area (Å²) >= 11 is 0. The minimum atomic E-state index is 0.202. The maximum absolute atomic E-state index is 11.3. The van der Waals surface area contributed by atoms with Gasteiger partial charge in [-0.1, -0.05) is 6.92 Å². The molecule has 2 aliphatic rings. The standard InChI is InChI=1S/C14H27N3O2/c1-3-16-8-9-19-14(11-16)10-15-13-4-6-17(7-5-13)12(2)18/h13-15H,3-11H2,1-2H3. The molecule has 1 atom stereocenters. The fourth-order valence-corrected chi connectivity index (χ4v) is 2.89. The zero-order chi connectivity index (χ0) is 13.7. The number of amides is 1. The summed E-state index contributed by atoms with van der Waals surface area (Å²) in [6, 6.07) is 0.538. The fraction of sp³-hybridized carbons (Fsp3) is 0.929. The van der Waals surface area contributed by atoms with E-state index in [-0.39, 0.29) is 5.91 Å². The Morgan fingerprint density at radius 1 is 1.32 bits per heavy atom. The van der Waals surface area contributed by atoms with Gasteiger partial charge in [0.25, 0.3) is 0 Å². The molecule has 1 amide bonds. The third-order valence-electron chi connectivity index (χ3n) is 4.24. The number of piperidine rings is 1. The summed E-state index contributed by atoms with van der Waals surface area (Å²) in [5, 5.41) is 3.61. The van der Waals surface area contributed by atoms with Gasteiger partial charge < -0.3 is 15.0 Å². The lowest BCUT2D eigenvalue weighted by Gasteiger charge is -2.35. The van der Waals surface area contributed by atoms with E-state index in [0.717, 1.165) is 58.7 Å². The quantitative estimate of drug-likeness (QED) is 0.798. The molecule has 0 saturated carbocycles. The predicted molar refractivity (Wildman–Crippen MR) is 75.1 cm³/mol. The molecule has 2 rings (SSSR count). The van der Waals surface area contributed by atoms with Crippen molar-refractivity contribution in [2.45, 2.75) is 38.8 Å². The summed E-state index contributed by atoms with van der Waals surface area (Å²) in [5.74, 6) is 0.202. The van der Waals surface area contributed by atoms with Crippen LogP contribution in [0.15, 0.2) is 0 Å². The topological polar surface area (TPSA) is 44.8 Å². The van der Waals surface area contributed by atoms with E-state index in [4.69, 9.17) is 4.74 Å². The summed E-state index contributed by atoms with van der Waals surface area (Å²) in [5.41, 5.74) is 0.